The number of nitriles is 1. The quantitative estimate of drug-likeness (QED) is 0.866. The highest BCUT2D eigenvalue weighted by atomic mass is 35.5. The molecule has 82 valence electrons. The number of nitrogens with two attached hydrogens (primary N) is 1. The van der Waals surface area contributed by atoms with E-state index in [9.17, 15) is 4.39 Å². The van der Waals surface area contributed by atoms with Crippen LogP contribution in [-0.2, 0) is 0 Å². The summed E-state index contributed by atoms with van der Waals surface area (Å²) in [5.41, 5.74) is 6.20. The number of nitrogens with zero attached hydrogens (tertiary/aromatic N) is 1. The molecule has 2 N–H and O–H groups in total. The van der Waals surface area contributed by atoms with Crippen LogP contribution in [0.4, 0.5) is 4.39 Å². The summed E-state index contributed by atoms with van der Waals surface area (Å²) in [7, 11) is 1.48. The van der Waals surface area contributed by atoms with Gasteiger partial charge in [0.15, 0.2) is 0 Å². The van der Waals surface area contributed by atoms with Crippen LogP contribution >= 0.6 is 12.4 Å². The number of rotatable bonds is 3. The average molecular weight is 231 g/mol. The number of halogens is 2. The van der Waals surface area contributed by atoms with Crippen molar-refractivity contribution in [2.24, 2.45) is 5.73 Å². The normalized spacial score (nSPS) is 11.1. The first kappa shape index (κ1) is 13.7. The molecule has 0 aliphatic heterocycles. The second-order valence-electron chi connectivity index (χ2n) is 2.86. The molecule has 3 nitrogen and oxygen atoms in total. The van der Waals surface area contributed by atoms with Crippen LogP contribution in [0.2, 0.25) is 0 Å². The van der Waals surface area contributed by atoms with Crippen molar-refractivity contribution in [2.45, 2.75) is 12.5 Å². The van der Waals surface area contributed by atoms with Gasteiger partial charge in [-0.15, -0.1) is 12.4 Å². The van der Waals surface area contributed by atoms with Crippen LogP contribution in [0.3, 0.4) is 0 Å². The number of ether oxygens (including phenoxy) is 1. The van der Waals surface area contributed by atoms with Crippen LogP contribution in [0.25, 0.3) is 0 Å². The van der Waals surface area contributed by atoms with Crippen molar-refractivity contribution in [1.29, 1.82) is 5.26 Å². The molecule has 0 unspecified atom stereocenters. The summed E-state index contributed by atoms with van der Waals surface area (Å²) in [5.74, 6) is 0.128. The lowest BCUT2D eigenvalue weighted by Gasteiger charge is -2.12. The second kappa shape index (κ2) is 6.23. The van der Waals surface area contributed by atoms with Gasteiger partial charge in [-0.2, -0.15) is 5.26 Å². The third-order valence-electron chi connectivity index (χ3n) is 1.90. The zero-order valence-electron chi connectivity index (χ0n) is 8.24. The van der Waals surface area contributed by atoms with Crippen molar-refractivity contribution < 1.29 is 9.13 Å². The van der Waals surface area contributed by atoms with Crippen LogP contribution in [0.1, 0.15) is 18.0 Å². The predicted molar refractivity (Wildman–Crippen MR) is 57.4 cm³/mol. The molecule has 1 atom stereocenters. The van der Waals surface area contributed by atoms with E-state index in [-0.39, 0.29) is 24.6 Å². The SMILES string of the molecule is COc1ccc(F)cc1[C@H](N)CC#N.Cl. The highest BCUT2D eigenvalue weighted by Gasteiger charge is 2.12. The van der Waals surface area contributed by atoms with Gasteiger partial charge in [-0.3, -0.25) is 0 Å². The minimum atomic E-state index is -0.509. The first-order chi connectivity index (χ1) is 6.69. The van der Waals surface area contributed by atoms with Crippen molar-refractivity contribution >= 4 is 12.4 Å². The number of methoxy groups -OCH3 is 1. The smallest absolute Gasteiger partial charge is 0.123 e. The van der Waals surface area contributed by atoms with Crippen molar-refractivity contribution in [2.75, 3.05) is 7.11 Å². The van der Waals surface area contributed by atoms with Crippen LogP contribution < -0.4 is 10.5 Å². The fourth-order valence-electron chi connectivity index (χ4n) is 1.20. The largest absolute Gasteiger partial charge is 0.496 e. The Morgan fingerprint density at radius 2 is 2.27 bits per heavy atom. The van der Waals surface area contributed by atoms with Gasteiger partial charge in [0.25, 0.3) is 0 Å². The summed E-state index contributed by atoms with van der Waals surface area (Å²) in [6.45, 7) is 0. The molecular formula is C10H12ClFN2O. The standard InChI is InChI=1S/C10H11FN2O.ClH/c1-14-10-3-2-7(11)6-8(10)9(13)4-5-12;/h2-3,6,9H,4,13H2,1H3;1H/t9-;/m1./s1. The topological polar surface area (TPSA) is 59.0 Å². The summed E-state index contributed by atoms with van der Waals surface area (Å²) in [6, 6.07) is 5.51. The van der Waals surface area contributed by atoms with E-state index in [1.165, 1.54) is 25.3 Å². The van der Waals surface area contributed by atoms with E-state index in [2.05, 4.69) is 0 Å². The molecule has 0 aliphatic carbocycles. The molecule has 0 spiro atoms. The Kier molecular flexibility index (Phi) is 5.68. The Morgan fingerprint density at radius 3 is 2.80 bits per heavy atom. The maximum absolute atomic E-state index is 12.9. The third kappa shape index (κ3) is 3.39. The third-order valence-corrected chi connectivity index (χ3v) is 1.90. The van der Waals surface area contributed by atoms with Gasteiger partial charge in [-0.1, -0.05) is 0 Å². The Bertz CT molecular complexity index is 365. The molecular weight excluding hydrogens is 219 g/mol. The molecule has 0 heterocycles. The van der Waals surface area contributed by atoms with E-state index in [4.69, 9.17) is 15.7 Å². The summed E-state index contributed by atoms with van der Waals surface area (Å²) in [5, 5.41) is 8.47. The fourth-order valence-corrected chi connectivity index (χ4v) is 1.20. The molecule has 0 radical (unpaired) electrons. The second-order valence-corrected chi connectivity index (χ2v) is 2.86. The van der Waals surface area contributed by atoms with Gasteiger partial charge in [0, 0.05) is 11.6 Å². The van der Waals surface area contributed by atoms with Crippen molar-refractivity contribution in [3.05, 3.63) is 29.6 Å². The van der Waals surface area contributed by atoms with Gasteiger partial charge in [0.1, 0.15) is 11.6 Å². The van der Waals surface area contributed by atoms with Crippen molar-refractivity contribution in [3.63, 3.8) is 0 Å². The molecule has 0 aliphatic rings. The van der Waals surface area contributed by atoms with E-state index in [1.807, 2.05) is 6.07 Å². The van der Waals surface area contributed by atoms with Crippen LogP contribution in [0.5, 0.6) is 5.75 Å². The predicted octanol–water partition coefficient (Wildman–Crippen LogP) is 2.17. The molecule has 0 saturated carbocycles. The molecule has 0 fully saturated rings. The van der Waals surface area contributed by atoms with Gasteiger partial charge in [0.05, 0.1) is 19.6 Å². The van der Waals surface area contributed by atoms with Crippen molar-refractivity contribution in [1.82, 2.24) is 0 Å². The minimum absolute atomic E-state index is 0. The van der Waals surface area contributed by atoms with E-state index in [0.29, 0.717) is 11.3 Å². The lowest BCUT2D eigenvalue weighted by Crippen LogP contribution is -2.11. The molecule has 0 amide bonds. The summed E-state index contributed by atoms with van der Waals surface area (Å²) in [4.78, 5) is 0. The van der Waals surface area contributed by atoms with E-state index < -0.39 is 6.04 Å². The maximum Gasteiger partial charge on any atom is 0.123 e. The summed E-state index contributed by atoms with van der Waals surface area (Å²) >= 11 is 0. The van der Waals surface area contributed by atoms with Crippen LogP contribution in [-0.4, -0.2) is 7.11 Å². The van der Waals surface area contributed by atoms with E-state index in [1.54, 1.807) is 0 Å². The number of hydrogen-bond acceptors (Lipinski definition) is 3. The monoisotopic (exact) mass is 230 g/mol. The minimum Gasteiger partial charge on any atom is -0.496 e. The Morgan fingerprint density at radius 1 is 1.60 bits per heavy atom. The highest BCUT2D eigenvalue weighted by Crippen LogP contribution is 2.25. The zero-order chi connectivity index (χ0) is 10.6. The summed E-state index contributed by atoms with van der Waals surface area (Å²) in [6.07, 6.45) is 0.139. The maximum atomic E-state index is 12.9. The fraction of sp³-hybridized carbons (Fsp3) is 0.300. The van der Waals surface area contributed by atoms with Gasteiger partial charge >= 0.3 is 0 Å². The zero-order valence-corrected chi connectivity index (χ0v) is 9.05. The van der Waals surface area contributed by atoms with Gasteiger partial charge in [-0.05, 0) is 18.2 Å². The van der Waals surface area contributed by atoms with Crippen molar-refractivity contribution in [3.8, 4) is 11.8 Å². The molecule has 0 bridgehead atoms. The average Bonchev–Trinajstić information content (AvgIpc) is 2.18. The van der Waals surface area contributed by atoms with Crippen LogP contribution in [0.15, 0.2) is 18.2 Å². The first-order valence-electron chi connectivity index (χ1n) is 4.15. The lowest BCUT2D eigenvalue weighted by molar-refractivity contribution is 0.404. The molecule has 1 rings (SSSR count). The lowest BCUT2D eigenvalue weighted by atomic mass is 10.0. The number of benzene rings is 1. The van der Waals surface area contributed by atoms with E-state index >= 15 is 0 Å². The molecule has 1 aromatic rings. The van der Waals surface area contributed by atoms with Gasteiger partial charge in [0.2, 0.25) is 0 Å². The molecule has 5 heteroatoms. The Labute approximate surface area is 94.1 Å². The Hall–Kier alpha value is -1.31. The summed E-state index contributed by atoms with van der Waals surface area (Å²) < 4.78 is 17.9. The van der Waals surface area contributed by atoms with Crippen LogP contribution in [0, 0.1) is 17.1 Å². The van der Waals surface area contributed by atoms with E-state index in [0.717, 1.165) is 0 Å². The van der Waals surface area contributed by atoms with Gasteiger partial charge < -0.3 is 10.5 Å². The highest BCUT2D eigenvalue weighted by molar-refractivity contribution is 5.85. The molecule has 15 heavy (non-hydrogen) atoms. The number of hydrogen-bond donors (Lipinski definition) is 1. The molecule has 0 saturated heterocycles. The molecule has 1 aromatic carbocycles. The van der Waals surface area contributed by atoms with Gasteiger partial charge in [-0.25, -0.2) is 4.39 Å². The Balaban J connectivity index is 0.00000196. The first-order valence-corrected chi connectivity index (χ1v) is 4.15. The molecule has 0 aromatic heterocycles.